The van der Waals surface area contributed by atoms with Gasteiger partial charge in [0, 0.05) is 38.8 Å². The van der Waals surface area contributed by atoms with Crippen LogP contribution in [0.4, 0.5) is 4.79 Å². The fourth-order valence-corrected chi connectivity index (χ4v) is 3.14. The lowest BCUT2D eigenvalue weighted by Crippen LogP contribution is -2.36. The number of carbonyl (C=O) groups excluding carboxylic acids is 2. The van der Waals surface area contributed by atoms with Gasteiger partial charge in [0.1, 0.15) is 5.76 Å². The van der Waals surface area contributed by atoms with Crippen LogP contribution < -0.4 is 0 Å². The van der Waals surface area contributed by atoms with E-state index < -0.39 is 0 Å². The fourth-order valence-electron chi connectivity index (χ4n) is 3.14. The Hall–Kier alpha value is -2.24. The largest absolute Gasteiger partial charge is 0.463 e. The molecule has 25 heavy (non-hydrogen) atoms. The first kappa shape index (κ1) is 19.1. The van der Waals surface area contributed by atoms with Crippen LogP contribution in [0, 0.1) is 5.92 Å². The predicted octanol–water partition coefficient (Wildman–Crippen LogP) is 3.08. The number of ether oxygens (including phenoxy) is 2. The van der Waals surface area contributed by atoms with Gasteiger partial charge < -0.3 is 19.3 Å². The Morgan fingerprint density at radius 2 is 2.08 bits per heavy atom. The van der Waals surface area contributed by atoms with E-state index in [2.05, 4.69) is 13.0 Å². The zero-order valence-corrected chi connectivity index (χ0v) is 15.7. The minimum Gasteiger partial charge on any atom is -0.463 e. The second-order valence-electron chi connectivity index (χ2n) is 6.72. The molecule has 0 saturated heterocycles. The smallest absolute Gasteiger partial charge is 0.414 e. The summed E-state index contributed by atoms with van der Waals surface area (Å²) in [6, 6.07) is 0.0714. The first-order valence-electron chi connectivity index (χ1n) is 8.74. The van der Waals surface area contributed by atoms with Crippen LogP contribution in [-0.4, -0.2) is 55.7 Å². The molecule has 0 radical (unpaired) electrons. The lowest BCUT2D eigenvalue weighted by Gasteiger charge is -2.35. The highest BCUT2D eigenvalue weighted by atomic mass is 16.6. The molecule has 0 aromatic rings. The number of esters is 1. The van der Waals surface area contributed by atoms with Crippen LogP contribution in [-0.2, 0) is 14.3 Å². The van der Waals surface area contributed by atoms with Crippen molar-refractivity contribution in [3.63, 3.8) is 0 Å². The molecule has 0 N–H and O–H groups in total. The summed E-state index contributed by atoms with van der Waals surface area (Å²) < 4.78 is 10.8. The van der Waals surface area contributed by atoms with Gasteiger partial charge in [-0.15, -0.1) is 0 Å². The van der Waals surface area contributed by atoms with E-state index in [9.17, 15) is 9.59 Å². The van der Waals surface area contributed by atoms with Crippen molar-refractivity contribution in [1.29, 1.82) is 0 Å². The molecule has 0 aromatic heterocycles. The Balaban J connectivity index is 2.26. The molecule has 0 aromatic carbocycles. The fraction of sp³-hybridized carbons (Fsp3) is 0.579. The van der Waals surface area contributed by atoms with E-state index in [1.165, 1.54) is 4.90 Å². The molecular formula is C19H28N2O4. The van der Waals surface area contributed by atoms with Crippen molar-refractivity contribution in [2.45, 2.75) is 39.2 Å². The minimum absolute atomic E-state index is 0.0714. The second-order valence-corrected chi connectivity index (χ2v) is 6.72. The highest BCUT2D eigenvalue weighted by Crippen LogP contribution is 2.34. The minimum atomic E-state index is -0.365. The van der Waals surface area contributed by atoms with Crippen LogP contribution in [0.1, 0.15) is 33.1 Å². The van der Waals surface area contributed by atoms with Crippen molar-refractivity contribution in [3.05, 3.63) is 35.3 Å². The summed E-state index contributed by atoms with van der Waals surface area (Å²) in [6.07, 6.45) is 7.91. The van der Waals surface area contributed by atoms with Crippen molar-refractivity contribution < 1.29 is 19.1 Å². The van der Waals surface area contributed by atoms with Gasteiger partial charge in [-0.2, -0.15) is 0 Å². The molecule has 6 heteroatoms. The van der Waals surface area contributed by atoms with Crippen molar-refractivity contribution in [2.24, 2.45) is 5.92 Å². The SMILES string of the molecule is CCOC(=O)C1=CN(C)C(C2=C(OC(=O)N(C)C)C(C)CC=C2)CC1. The molecule has 0 spiro atoms. The molecule has 6 nitrogen and oxygen atoms in total. The lowest BCUT2D eigenvalue weighted by molar-refractivity contribution is -0.138. The maximum absolute atomic E-state index is 12.0. The molecule has 1 aliphatic heterocycles. The molecule has 1 heterocycles. The summed E-state index contributed by atoms with van der Waals surface area (Å²) in [7, 11) is 5.29. The monoisotopic (exact) mass is 348 g/mol. The van der Waals surface area contributed by atoms with E-state index in [0.29, 0.717) is 18.6 Å². The predicted molar refractivity (Wildman–Crippen MR) is 95.6 cm³/mol. The van der Waals surface area contributed by atoms with Crippen LogP contribution in [0.15, 0.2) is 35.3 Å². The van der Waals surface area contributed by atoms with Crippen molar-refractivity contribution in [3.8, 4) is 0 Å². The topological polar surface area (TPSA) is 59.1 Å². The van der Waals surface area contributed by atoms with Gasteiger partial charge in [-0.25, -0.2) is 9.59 Å². The average molecular weight is 348 g/mol. The van der Waals surface area contributed by atoms with Gasteiger partial charge in [0.05, 0.1) is 18.2 Å². The van der Waals surface area contributed by atoms with Gasteiger partial charge in [0.2, 0.25) is 0 Å². The number of allylic oxidation sites excluding steroid dienone is 2. The van der Waals surface area contributed by atoms with Gasteiger partial charge >= 0.3 is 12.1 Å². The maximum Gasteiger partial charge on any atom is 0.414 e. The van der Waals surface area contributed by atoms with E-state index in [-0.39, 0.29) is 24.0 Å². The van der Waals surface area contributed by atoms with E-state index in [1.54, 1.807) is 21.0 Å². The number of carbonyl (C=O) groups is 2. The molecule has 1 aliphatic carbocycles. The van der Waals surface area contributed by atoms with Crippen LogP contribution in [0.2, 0.25) is 0 Å². The molecule has 2 rings (SSSR count). The summed E-state index contributed by atoms with van der Waals surface area (Å²) in [4.78, 5) is 27.4. The van der Waals surface area contributed by atoms with Gasteiger partial charge in [-0.3, -0.25) is 0 Å². The number of rotatable bonds is 4. The molecule has 138 valence electrons. The van der Waals surface area contributed by atoms with E-state index >= 15 is 0 Å². The number of hydrogen-bond acceptors (Lipinski definition) is 5. The van der Waals surface area contributed by atoms with Crippen LogP contribution >= 0.6 is 0 Å². The molecule has 2 atom stereocenters. The number of nitrogens with zero attached hydrogens (tertiary/aromatic N) is 2. The third-order valence-electron chi connectivity index (χ3n) is 4.52. The summed E-state index contributed by atoms with van der Waals surface area (Å²) in [5, 5.41) is 0. The number of likely N-dealkylation sites (N-methyl/N-ethyl adjacent to an activating group) is 1. The molecule has 1 amide bonds. The second kappa shape index (κ2) is 8.23. The van der Waals surface area contributed by atoms with Crippen LogP contribution in [0.5, 0.6) is 0 Å². The van der Waals surface area contributed by atoms with Crippen LogP contribution in [0.25, 0.3) is 0 Å². The highest BCUT2D eigenvalue weighted by molar-refractivity contribution is 5.88. The van der Waals surface area contributed by atoms with Gasteiger partial charge in [-0.1, -0.05) is 19.1 Å². The lowest BCUT2D eigenvalue weighted by atomic mass is 9.87. The van der Waals surface area contributed by atoms with E-state index in [4.69, 9.17) is 9.47 Å². The molecule has 0 fully saturated rings. The maximum atomic E-state index is 12.0. The zero-order chi connectivity index (χ0) is 18.6. The van der Waals surface area contributed by atoms with Gasteiger partial charge in [0.15, 0.2) is 0 Å². The molecule has 2 aliphatic rings. The summed E-state index contributed by atoms with van der Waals surface area (Å²) in [5.41, 5.74) is 1.69. The van der Waals surface area contributed by atoms with Crippen molar-refractivity contribution in [1.82, 2.24) is 9.80 Å². The Kier molecular flexibility index (Phi) is 6.28. The van der Waals surface area contributed by atoms with Gasteiger partial charge in [0.25, 0.3) is 0 Å². The molecular weight excluding hydrogens is 320 g/mol. The standard InChI is InChI=1S/C19H28N2O4/c1-6-24-18(22)14-10-11-16(21(5)12-14)15-9-7-8-13(2)17(15)25-19(23)20(3)4/h7,9,12-13,16H,6,8,10-11H2,1-5H3. The Morgan fingerprint density at radius 1 is 1.36 bits per heavy atom. The van der Waals surface area contributed by atoms with Crippen LogP contribution in [0.3, 0.4) is 0 Å². The summed E-state index contributed by atoms with van der Waals surface area (Å²) in [5.74, 6) is 0.618. The normalized spacial score (nSPS) is 23.2. The molecule has 0 saturated carbocycles. The van der Waals surface area contributed by atoms with E-state index in [1.807, 2.05) is 24.2 Å². The van der Waals surface area contributed by atoms with E-state index in [0.717, 1.165) is 24.2 Å². The third kappa shape index (κ3) is 4.44. The third-order valence-corrected chi connectivity index (χ3v) is 4.52. The number of hydrogen-bond donors (Lipinski definition) is 0. The zero-order valence-electron chi connectivity index (χ0n) is 15.7. The van der Waals surface area contributed by atoms with Crippen molar-refractivity contribution >= 4 is 12.1 Å². The molecule has 2 unspecified atom stereocenters. The highest BCUT2D eigenvalue weighted by Gasteiger charge is 2.31. The summed E-state index contributed by atoms with van der Waals surface area (Å²) in [6.45, 7) is 4.24. The Labute approximate surface area is 149 Å². The average Bonchev–Trinajstić information content (AvgIpc) is 2.56. The Bertz CT molecular complexity index is 619. The summed E-state index contributed by atoms with van der Waals surface area (Å²) >= 11 is 0. The molecule has 0 bridgehead atoms. The first-order chi connectivity index (χ1) is 11.8. The van der Waals surface area contributed by atoms with Gasteiger partial charge in [-0.05, 0) is 26.2 Å². The van der Waals surface area contributed by atoms with Crippen molar-refractivity contribution in [2.75, 3.05) is 27.7 Å². The first-order valence-corrected chi connectivity index (χ1v) is 8.74. The quantitative estimate of drug-likeness (QED) is 0.731. The Morgan fingerprint density at radius 3 is 2.68 bits per heavy atom. The number of amides is 1.